The monoisotopic (exact) mass is 334 g/mol. The van der Waals surface area contributed by atoms with E-state index in [0.29, 0.717) is 16.7 Å². The summed E-state index contributed by atoms with van der Waals surface area (Å²) in [5.74, 6) is -0.0571. The first kappa shape index (κ1) is 14.9. The van der Waals surface area contributed by atoms with Crippen molar-refractivity contribution in [3.63, 3.8) is 0 Å². The lowest BCUT2D eigenvalue weighted by Crippen LogP contribution is -2.16. The fourth-order valence-electron chi connectivity index (χ4n) is 2.90. The number of carbonyl (C=O) groups excluding carboxylic acids is 1. The highest BCUT2D eigenvalue weighted by atomic mass is 16.5. The highest BCUT2D eigenvalue weighted by molar-refractivity contribution is 6.08. The number of nitrogens with zero attached hydrogens (tertiary/aromatic N) is 3. The third-order valence-corrected chi connectivity index (χ3v) is 4.12. The van der Waals surface area contributed by atoms with Gasteiger partial charge in [-0.05, 0) is 6.07 Å². The molecular weight excluding hydrogens is 320 g/mol. The number of aromatic nitrogens is 4. The number of primary amides is 1. The highest BCUT2D eigenvalue weighted by Gasteiger charge is 2.17. The Balaban J connectivity index is 2.04. The number of amides is 1. The Morgan fingerprint density at radius 2 is 2.04 bits per heavy atom. The Hall–Kier alpha value is -3.68. The van der Waals surface area contributed by atoms with Crippen LogP contribution < -0.4 is 16.2 Å². The van der Waals surface area contributed by atoms with Crippen molar-refractivity contribution in [3.05, 3.63) is 42.2 Å². The average Bonchev–Trinajstić information content (AvgIpc) is 3.07. The fourth-order valence-corrected chi connectivity index (χ4v) is 2.90. The first-order valence-corrected chi connectivity index (χ1v) is 7.46. The van der Waals surface area contributed by atoms with Crippen molar-refractivity contribution in [2.75, 3.05) is 12.8 Å². The Morgan fingerprint density at radius 3 is 2.80 bits per heavy atom. The second-order valence-corrected chi connectivity index (χ2v) is 5.54. The fraction of sp³-hybridized carbons (Fsp3) is 0.0588. The standard InChI is InChI=1S/C17H14N6O2/c1-25-13-6-12-8(7-20-21-12)5-11(13)9-3-2-4-10-14(18)16(17(19)24)23-22-15(9)10/h2-7H,1H3,(H2,18,22)(H2,19,24)(H,20,21). The molecule has 4 rings (SSSR count). The maximum absolute atomic E-state index is 11.4. The number of ether oxygens (including phenoxy) is 1. The van der Waals surface area contributed by atoms with Crippen LogP contribution in [0.25, 0.3) is 32.9 Å². The largest absolute Gasteiger partial charge is 0.496 e. The van der Waals surface area contributed by atoms with E-state index < -0.39 is 5.91 Å². The molecule has 2 aromatic heterocycles. The summed E-state index contributed by atoms with van der Waals surface area (Å²) in [4.78, 5) is 11.4. The lowest BCUT2D eigenvalue weighted by molar-refractivity contribution is 0.0996. The third kappa shape index (κ3) is 2.23. The van der Waals surface area contributed by atoms with Crippen LogP contribution in [0.1, 0.15) is 10.5 Å². The molecule has 0 saturated carbocycles. The van der Waals surface area contributed by atoms with E-state index in [0.717, 1.165) is 22.0 Å². The van der Waals surface area contributed by atoms with Gasteiger partial charge in [0.15, 0.2) is 5.69 Å². The summed E-state index contributed by atoms with van der Waals surface area (Å²) >= 11 is 0. The molecule has 1 amide bonds. The van der Waals surface area contributed by atoms with E-state index in [4.69, 9.17) is 16.2 Å². The normalized spacial score (nSPS) is 11.1. The maximum atomic E-state index is 11.4. The van der Waals surface area contributed by atoms with Gasteiger partial charge in [-0.15, -0.1) is 10.2 Å². The number of hydrogen-bond acceptors (Lipinski definition) is 6. The van der Waals surface area contributed by atoms with Crippen LogP contribution in [0, 0.1) is 0 Å². The number of rotatable bonds is 3. The SMILES string of the molecule is COc1cc2[nH]ncc2cc1-c1cccc2c(N)c(C(N)=O)nnc12. The van der Waals surface area contributed by atoms with Crippen molar-refractivity contribution in [3.8, 4) is 16.9 Å². The molecule has 0 spiro atoms. The van der Waals surface area contributed by atoms with E-state index in [1.165, 1.54) is 0 Å². The molecule has 0 saturated heterocycles. The van der Waals surface area contributed by atoms with Crippen molar-refractivity contribution in [1.82, 2.24) is 20.4 Å². The van der Waals surface area contributed by atoms with Gasteiger partial charge in [-0.2, -0.15) is 5.10 Å². The Kier molecular flexibility index (Phi) is 3.24. The first-order valence-electron chi connectivity index (χ1n) is 7.46. The molecule has 8 heteroatoms. The lowest BCUT2D eigenvalue weighted by Gasteiger charge is -2.12. The zero-order valence-corrected chi connectivity index (χ0v) is 13.3. The minimum Gasteiger partial charge on any atom is -0.496 e. The lowest BCUT2D eigenvalue weighted by atomic mass is 9.99. The summed E-state index contributed by atoms with van der Waals surface area (Å²) < 4.78 is 5.52. The second kappa shape index (κ2) is 5.45. The molecule has 0 fully saturated rings. The van der Waals surface area contributed by atoms with Gasteiger partial charge in [0.2, 0.25) is 0 Å². The number of carbonyl (C=O) groups is 1. The van der Waals surface area contributed by atoms with Gasteiger partial charge in [0.05, 0.1) is 24.5 Å². The molecule has 5 N–H and O–H groups in total. The zero-order valence-electron chi connectivity index (χ0n) is 13.3. The number of nitrogens with two attached hydrogens (primary N) is 2. The van der Waals surface area contributed by atoms with Gasteiger partial charge in [0, 0.05) is 28.0 Å². The Labute approximate surface area is 141 Å². The van der Waals surface area contributed by atoms with Gasteiger partial charge in [-0.3, -0.25) is 9.89 Å². The summed E-state index contributed by atoms with van der Waals surface area (Å²) in [5, 5.41) is 16.6. The molecular formula is C17H14N6O2. The van der Waals surface area contributed by atoms with Gasteiger partial charge in [-0.1, -0.05) is 18.2 Å². The summed E-state index contributed by atoms with van der Waals surface area (Å²) in [6, 6.07) is 9.32. The maximum Gasteiger partial charge on any atom is 0.271 e. The van der Waals surface area contributed by atoms with Crippen molar-refractivity contribution in [2.45, 2.75) is 0 Å². The van der Waals surface area contributed by atoms with Crippen LogP contribution in [-0.4, -0.2) is 33.4 Å². The predicted octanol–water partition coefficient (Wildman–Crippen LogP) is 1.86. The minimum absolute atomic E-state index is 0.0399. The van der Waals surface area contributed by atoms with Crippen molar-refractivity contribution < 1.29 is 9.53 Å². The molecule has 25 heavy (non-hydrogen) atoms. The minimum atomic E-state index is -0.713. The van der Waals surface area contributed by atoms with Gasteiger partial charge in [0.1, 0.15) is 11.3 Å². The second-order valence-electron chi connectivity index (χ2n) is 5.54. The number of anilines is 1. The average molecular weight is 334 g/mol. The molecule has 0 aliphatic heterocycles. The summed E-state index contributed by atoms with van der Waals surface area (Å²) in [7, 11) is 1.59. The Bertz CT molecular complexity index is 1130. The number of methoxy groups -OCH3 is 1. The molecule has 0 unspecified atom stereocenters. The quantitative estimate of drug-likeness (QED) is 0.524. The molecule has 2 aromatic carbocycles. The smallest absolute Gasteiger partial charge is 0.271 e. The molecule has 2 heterocycles. The van der Waals surface area contributed by atoms with E-state index in [9.17, 15) is 4.79 Å². The number of hydrogen-bond donors (Lipinski definition) is 3. The van der Waals surface area contributed by atoms with Crippen molar-refractivity contribution in [2.24, 2.45) is 5.73 Å². The van der Waals surface area contributed by atoms with Crippen LogP contribution in [0.5, 0.6) is 5.75 Å². The number of nitrogens with one attached hydrogen (secondary N) is 1. The van der Waals surface area contributed by atoms with Gasteiger partial charge >= 0.3 is 0 Å². The topological polar surface area (TPSA) is 133 Å². The van der Waals surface area contributed by atoms with Crippen molar-refractivity contribution in [1.29, 1.82) is 0 Å². The highest BCUT2D eigenvalue weighted by Crippen LogP contribution is 2.37. The predicted molar refractivity (Wildman–Crippen MR) is 94.1 cm³/mol. The number of H-pyrrole nitrogens is 1. The molecule has 124 valence electrons. The van der Waals surface area contributed by atoms with E-state index >= 15 is 0 Å². The number of benzene rings is 2. The molecule has 4 aromatic rings. The van der Waals surface area contributed by atoms with Crippen LogP contribution in [0.2, 0.25) is 0 Å². The van der Waals surface area contributed by atoms with Crippen LogP contribution in [0.3, 0.4) is 0 Å². The summed E-state index contributed by atoms with van der Waals surface area (Å²) in [6.07, 6.45) is 1.73. The van der Waals surface area contributed by atoms with Crippen LogP contribution in [0.4, 0.5) is 5.69 Å². The summed E-state index contributed by atoms with van der Waals surface area (Å²) in [5.41, 5.74) is 14.6. The number of fused-ring (bicyclic) bond motifs is 2. The number of aromatic amines is 1. The van der Waals surface area contributed by atoms with E-state index in [1.54, 1.807) is 19.4 Å². The first-order chi connectivity index (χ1) is 12.1. The Morgan fingerprint density at radius 1 is 1.20 bits per heavy atom. The van der Waals surface area contributed by atoms with E-state index in [-0.39, 0.29) is 11.4 Å². The van der Waals surface area contributed by atoms with Crippen molar-refractivity contribution >= 4 is 33.4 Å². The van der Waals surface area contributed by atoms with Crippen LogP contribution in [0.15, 0.2) is 36.5 Å². The van der Waals surface area contributed by atoms with Gasteiger partial charge in [0.25, 0.3) is 5.91 Å². The molecule has 0 aliphatic carbocycles. The van der Waals surface area contributed by atoms with Crippen LogP contribution >= 0.6 is 0 Å². The van der Waals surface area contributed by atoms with Gasteiger partial charge < -0.3 is 16.2 Å². The van der Waals surface area contributed by atoms with Gasteiger partial charge in [-0.25, -0.2) is 0 Å². The van der Waals surface area contributed by atoms with E-state index in [1.807, 2.05) is 24.3 Å². The van der Waals surface area contributed by atoms with Crippen LogP contribution in [-0.2, 0) is 0 Å². The van der Waals surface area contributed by atoms with E-state index in [2.05, 4.69) is 20.4 Å². The molecule has 0 radical (unpaired) electrons. The zero-order chi connectivity index (χ0) is 17.6. The molecule has 0 bridgehead atoms. The molecule has 8 nitrogen and oxygen atoms in total. The molecule has 0 aliphatic rings. The summed E-state index contributed by atoms with van der Waals surface area (Å²) in [6.45, 7) is 0. The molecule has 0 atom stereocenters. The number of nitrogen functional groups attached to an aromatic ring is 1. The third-order valence-electron chi connectivity index (χ3n) is 4.12.